The molecule has 0 radical (unpaired) electrons. The summed E-state index contributed by atoms with van der Waals surface area (Å²) in [6.45, 7) is 0. The maximum absolute atomic E-state index is 14.3. The highest BCUT2D eigenvalue weighted by atomic mass is 35.5. The number of allylic oxidation sites excluding steroid dienone is 4. The maximum atomic E-state index is 14.3. The predicted molar refractivity (Wildman–Crippen MR) is 57.1 cm³/mol. The van der Waals surface area contributed by atoms with Crippen LogP contribution in [0.5, 0.6) is 0 Å². The molecule has 0 atom stereocenters. The topological polar surface area (TPSA) is 0 Å². The Morgan fingerprint density at radius 3 is 2.43 bits per heavy atom. The number of halogens is 2. The Hall–Kier alpha value is -1.08. The Kier molecular flexibility index (Phi) is 2.42. The van der Waals surface area contributed by atoms with E-state index in [1.165, 1.54) is 0 Å². The zero-order chi connectivity index (χ0) is 10.0. The van der Waals surface area contributed by atoms with Crippen molar-refractivity contribution in [3.8, 4) is 0 Å². The average molecular weight is 209 g/mol. The molecule has 0 heterocycles. The Labute approximate surface area is 87.7 Å². The lowest BCUT2D eigenvalue weighted by Crippen LogP contribution is -2.15. The second-order valence-corrected chi connectivity index (χ2v) is 3.70. The zero-order valence-electron chi connectivity index (χ0n) is 7.58. The van der Waals surface area contributed by atoms with Crippen molar-refractivity contribution in [2.24, 2.45) is 0 Å². The van der Waals surface area contributed by atoms with Crippen molar-refractivity contribution in [1.82, 2.24) is 0 Å². The van der Waals surface area contributed by atoms with Crippen molar-refractivity contribution in [1.29, 1.82) is 0 Å². The van der Waals surface area contributed by atoms with Crippen LogP contribution < -0.4 is 0 Å². The lowest BCUT2D eigenvalue weighted by Gasteiger charge is -2.21. The maximum Gasteiger partial charge on any atom is 0.173 e. The molecular weight excluding hydrogens is 199 g/mol. The summed E-state index contributed by atoms with van der Waals surface area (Å²) >= 11 is 5.94. The van der Waals surface area contributed by atoms with Crippen molar-refractivity contribution in [2.75, 3.05) is 0 Å². The Bertz CT molecular complexity index is 381. The molecular formula is C12H10ClF. The molecule has 0 fully saturated rings. The smallest absolute Gasteiger partial charge is 0.173 e. The number of rotatable bonds is 1. The van der Waals surface area contributed by atoms with Gasteiger partial charge in [0.15, 0.2) is 5.67 Å². The van der Waals surface area contributed by atoms with E-state index in [9.17, 15) is 4.39 Å². The van der Waals surface area contributed by atoms with E-state index < -0.39 is 5.67 Å². The molecule has 0 bridgehead atoms. The molecule has 0 aliphatic heterocycles. The fourth-order valence-corrected chi connectivity index (χ4v) is 1.85. The van der Waals surface area contributed by atoms with E-state index in [0.29, 0.717) is 10.6 Å². The van der Waals surface area contributed by atoms with Crippen LogP contribution in [0.25, 0.3) is 0 Å². The molecule has 0 aromatic heterocycles. The summed E-state index contributed by atoms with van der Waals surface area (Å²) in [5.41, 5.74) is -1.02. The average Bonchev–Trinajstić information content (AvgIpc) is 2.19. The minimum Gasteiger partial charge on any atom is -0.229 e. The van der Waals surface area contributed by atoms with Gasteiger partial charge in [0.2, 0.25) is 0 Å². The highest BCUT2D eigenvalue weighted by molar-refractivity contribution is 6.31. The van der Waals surface area contributed by atoms with Gasteiger partial charge in [0.25, 0.3) is 0 Å². The fraction of sp³-hybridized carbons (Fsp3) is 0.167. The molecule has 2 rings (SSSR count). The lowest BCUT2D eigenvalue weighted by molar-refractivity contribution is 0.303. The van der Waals surface area contributed by atoms with E-state index in [-0.39, 0.29) is 0 Å². The van der Waals surface area contributed by atoms with Gasteiger partial charge < -0.3 is 0 Å². The van der Waals surface area contributed by atoms with Gasteiger partial charge >= 0.3 is 0 Å². The number of hydrogen-bond acceptors (Lipinski definition) is 0. The van der Waals surface area contributed by atoms with Crippen molar-refractivity contribution >= 4 is 11.6 Å². The van der Waals surface area contributed by atoms with Crippen molar-refractivity contribution in [3.63, 3.8) is 0 Å². The summed E-state index contributed by atoms with van der Waals surface area (Å²) in [4.78, 5) is 0. The minimum atomic E-state index is -1.53. The van der Waals surface area contributed by atoms with E-state index in [1.54, 1.807) is 36.4 Å². The molecule has 1 aromatic rings. The molecule has 1 aliphatic carbocycles. The molecule has 0 nitrogen and oxygen atoms in total. The summed E-state index contributed by atoms with van der Waals surface area (Å²) in [6, 6.07) is 7.00. The first-order valence-electron chi connectivity index (χ1n) is 4.52. The molecule has 14 heavy (non-hydrogen) atoms. The van der Waals surface area contributed by atoms with Crippen molar-refractivity contribution < 1.29 is 4.39 Å². The van der Waals surface area contributed by atoms with E-state index >= 15 is 0 Å². The van der Waals surface area contributed by atoms with E-state index in [2.05, 4.69) is 0 Å². The summed E-state index contributed by atoms with van der Waals surface area (Å²) < 4.78 is 14.3. The normalized spacial score (nSPS) is 18.4. The Morgan fingerprint density at radius 2 is 1.79 bits per heavy atom. The fourth-order valence-electron chi connectivity index (χ4n) is 1.56. The van der Waals surface area contributed by atoms with Gasteiger partial charge in [-0.15, -0.1) is 0 Å². The molecule has 2 heteroatoms. The molecule has 0 spiro atoms. The van der Waals surface area contributed by atoms with E-state index in [1.807, 2.05) is 12.2 Å². The lowest BCUT2D eigenvalue weighted by atomic mass is 9.91. The number of alkyl halides is 1. The molecule has 0 N–H and O–H groups in total. The van der Waals surface area contributed by atoms with Crippen LogP contribution in [0, 0.1) is 0 Å². The van der Waals surface area contributed by atoms with Crippen molar-refractivity contribution in [3.05, 3.63) is 59.2 Å². The van der Waals surface area contributed by atoms with Crippen LogP contribution >= 0.6 is 11.6 Å². The van der Waals surface area contributed by atoms with Crippen LogP contribution in [0.1, 0.15) is 12.0 Å². The minimum absolute atomic E-state index is 0.464. The molecule has 0 saturated carbocycles. The quantitative estimate of drug-likeness (QED) is 0.612. The second-order valence-electron chi connectivity index (χ2n) is 3.29. The molecule has 0 saturated heterocycles. The molecule has 0 unspecified atom stereocenters. The van der Waals surface area contributed by atoms with E-state index in [0.717, 1.165) is 6.42 Å². The SMILES string of the molecule is FC1(c2ccccc2Cl)C=CCC=C1. The summed E-state index contributed by atoms with van der Waals surface area (Å²) in [6.07, 6.45) is 7.51. The Balaban J connectivity index is 2.48. The monoisotopic (exact) mass is 208 g/mol. The first-order valence-corrected chi connectivity index (χ1v) is 4.89. The number of hydrogen-bond donors (Lipinski definition) is 0. The summed E-state index contributed by atoms with van der Waals surface area (Å²) in [7, 11) is 0. The van der Waals surface area contributed by atoms with Gasteiger partial charge in [0.1, 0.15) is 0 Å². The molecule has 72 valence electrons. The van der Waals surface area contributed by atoms with Crippen molar-refractivity contribution in [2.45, 2.75) is 12.1 Å². The van der Waals surface area contributed by atoms with Gasteiger partial charge in [-0.1, -0.05) is 42.0 Å². The van der Waals surface area contributed by atoms with Gasteiger partial charge in [-0.25, -0.2) is 4.39 Å². The first-order chi connectivity index (χ1) is 6.72. The van der Waals surface area contributed by atoms with Gasteiger partial charge in [-0.3, -0.25) is 0 Å². The number of benzene rings is 1. The van der Waals surface area contributed by atoms with Gasteiger partial charge in [0.05, 0.1) is 0 Å². The first kappa shape index (κ1) is 9.47. The van der Waals surface area contributed by atoms with Crippen LogP contribution in [0.15, 0.2) is 48.6 Å². The van der Waals surface area contributed by atoms with E-state index in [4.69, 9.17) is 11.6 Å². The molecule has 1 aromatic carbocycles. The van der Waals surface area contributed by atoms with Crippen LogP contribution in [-0.4, -0.2) is 0 Å². The second kappa shape index (κ2) is 3.58. The van der Waals surface area contributed by atoms with Crippen LogP contribution in [-0.2, 0) is 5.67 Å². The van der Waals surface area contributed by atoms with Gasteiger partial charge in [-0.05, 0) is 24.6 Å². The van der Waals surface area contributed by atoms with Crippen LogP contribution in [0.3, 0.4) is 0 Å². The van der Waals surface area contributed by atoms with Gasteiger partial charge in [0, 0.05) is 10.6 Å². The van der Waals surface area contributed by atoms with Crippen LogP contribution in [0.4, 0.5) is 4.39 Å². The highest BCUT2D eigenvalue weighted by Crippen LogP contribution is 2.36. The summed E-state index contributed by atoms with van der Waals surface area (Å²) in [5.74, 6) is 0. The highest BCUT2D eigenvalue weighted by Gasteiger charge is 2.28. The molecule has 0 amide bonds. The predicted octanol–water partition coefficient (Wildman–Crippen LogP) is 4.02. The standard InChI is InChI=1S/C12H10ClF/c13-11-7-3-2-6-10(11)12(14)8-4-1-5-9-12/h2-9H,1H2. The summed E-state index contributed by atoms with van der Waals surface area (Å²) in [5, 5.41) is 0.464. The Morgan fingerprint density at radius 1 is 1.14 bits per heavy atom. The third-order valence-corrected chi connectivity index (χ3v) is 2.61. The third-order valence-electron chi connectivity index (χ3n) is 2.28. The third kappa shape index (κ3) is 1.60. The molecule has 1 aliphatic rings. The van der Waals surface area contributed by atoms with Gasteiger partial charge in [-0.2, -0.15) is 0 Å². The zero-order valence-corrected chi connectivity index (χ0v) is 8.34. The van der Waals surface area contributed by atoms with Crippen LogP contribution in [0.2, 0.25) is 5.02 Å². The largest absolute Gasteiger partial charge is 0.229 e.